The van der Waals surface area contributed by atoms with E-state index in [0.29, 0.717) is 18.4 Å². The summed E-state index contributed by atoms with van der Waals surface area (Å²) in [6.45, 7) is 7.93. The van der Waals surface area contributed by atoms with E-state index < -0.39 is 0 Å². The molecule has 0 aromatic heterocycles. The van der Waals surface area contributed by atoms with E-state index in [1.165, 1.54) is 12.5 Å². The van der Waals surface area contributed by atoms with Gasteiger partial charge in [0.25, 0.3) is 0 Å². The van der Waals surface area contributed by atoms with E-state index in [1.807, 2.05) is 12.1 Å². The molecule has 2 rings (SSSR count). The summed E-state index contributed by atoms with van der Waals surface area (Å²) in [5.41, 5.74) is 1.11. The molecule has 1 atom stereocenters. The average Bonchev–Trinajstić information content (AvgIpc) is 2.79. The Kier molecular flexibility index (Phi) is 3.91. The first-order chi connectivity index (χ1) is 8.47. The molecule has 2 nitrogen and oxygen atoms in total. The van der Waals surface area contributed by atoms with Gasteiger partial charge in [-0.1, -0.05) is 26.8 Å². The van der Waals surface area contributed by atoms with Gasteiger partial charge in [-0.2, -0.15) is 0 Å². The fraction of sp³-hybridized carbons (Fsp3) is 0.600. The summed E-state index contributed by atoms with van der Waals surface area (Å²) in [4.78, 5) is 0. The number of nitrogens with one attached hydrogen (secondary N) is 1. The van der Waals surface area contributed by atoms with Crippen molar-refractivity contribution in [2.45, 2.75) is 45.1 Å². The highest BCUT2D eigenvalue weighted by Crippen LogP contribution is 2.28. The molecular formula is C15H24FNO. The summed E-state index contributed by atoms with van der Waals surface area (Å²) in [5, 5.41) is 3.34. The lowest BCUT2D eigenvalue weighted by atomic mass is 9.87. The highest BCUT2D eigenvalue weighted by molar-refractivity contribution is 5.34. The minimum Gasteiger partial charge on any atom is -0.489 e. The first kappa shape index (κ1) is 13.3. The molecule has 1 aliphatic rings. The molecule has 1 N–H and O–H groups in total. The van der Waals surface area contributed by atoms with Gasteiger partial charge in [0, 0.05) is 7.47 Å². The number of benzene rings is 1. The van der Waals surface area contributed by atoms with Crippen LogP contribution in [0.4, 0.5) is 4.39 Å². The molecule has 1 aliphatic heterocycles. The molecule has 1 aromatic rings. The number of rotatable bonds is 3. The maximum absolute atomic E-state index is 13.7. The molecule has 0 bridgehead atoms. The first-order valence-electron chi connectivity index (χ1n) is 6.63. The van der Waals surface area contributed by atoms with E-state index in [9.17, 15) is 4.39 Å². The van der Waals surface area contributed by atoms with Crippen molar-refractivity contribution in [1.29, 1.82) is 0 Å². The fourth-order valence-electron chi connectivity index (χ4n) is 2.17. The molecule has 1 fully saturated rings. The van der Waals surface area contributed by atoms with Crippen LogP contribution in [0.2, 0.25) is 0 Å². The predicted octanol–water partition coefficient (Wildman–Crippen LogP) is 3.50. The van der Waals surface area contributed by atoms with Crippen molar-refractivity contribution in [3.05, 3.63) is 29.6 Å². The Morgan fingerprint density at radius 3 is 2.83 bits per heavy atom. The van der Waals surface area contributed by atoms with Gasteiger partial charge in [-0.3, -0.25) is 0 Å². The van der Waals surface area contributed by atoms with Gasteiger partial charge in [0.15, 0.2) is 11.6 Å². The van der Waals surface area contributed by atoms with E-state index >= 15 is 0 Å². The van der Waals surface area contributed by atoms with Crippen LogP contribution in [0.25, 0.3) is 0 Å². The summed E-state index contributed by atoms with van der Waals surface area (Å²) in [6, 6.07) is 5.51. The highest BCUT2D eigenvalue weighted by atomic mass is 19.1. The summed E-state index contributed by atoms with van der Waals surface area (Å²) in [6.07, 6.45) is 2.29. The summed E-state index contributed by atoms with van der Waals surface area (Å²) < 4.78 is 19.3. The Hall–Kier alpha value is -1.09. The van der Waals surface area contributed by atoms with E-state index in [4.69, 9.17) is 4.74 Å². The number of hydrogen-bond acceptors (Lipinski definition) is 2. The number of ether oxygens (including phenoxy) is 1. The van der Waals surface area contributed by atoms with Crippen LogP contribution in [0.5, 0.6) is 5.75 Å². The van der Waals surface area contributed by atoms with E-state index in [2.05, 4.69) is 26.1 Å². The van der Waals surface area contributed by atoms with Gasteiger partial charge < -0.3 is 10.1 Å². The van der Waals surface area contributed by atoms with Crippen LogP contribution in [-0.2, 0) is 5.41 Å². The molecule has 3 heteroatoms. The standard InChI is InChI=1S/C15H22FNO.H2/c1-15(2,3)11-6-7-13(16)14(9-11)18-10-12-5-4-8-17-12;/h6-7,9,12,17H,4-5,8,10H2,1-3H3;1H/t12-;/m1./s1. The molecule has 102 valence electrons. The lowest BCUT2D eigenvalue weighted by Gasteiger charge is -2.20. The fourth-order valence-corrected chi connectivity index (χ4v) is 2.17. The zero-order valence-electron chi connectivity index (χ0n) is 11.4. The minimum absolute atomic E-state index is 0. The highest BCUT2D eigenvalue weighted by Gasteiger charge is 2.18. The largest absolute Gasteiger partial charge is 0.489 e. The van der Waals surface area contributed by atoms with E-state index in [-0.39, 0.29) is 12.7 Å². The predicted molar refractivity (Wildman–Crippen MR) is 73.7 cm³/mol. The first-order valence-corrected chi connectivity index (χ1v) is 6.63. The molecule has 0 radical (unpaired) electrons. The Bertz CT molecular complexity index is 411. The van der Waals surface area contributed by atoms with Crippen molar-refractivity contribution in [3.8, 4) is 5.75 Å². The van der Waals surface area contributed by atoms with Gasteiger partial charge in [0.2, 0.25) is 0 Å². The topological polar surface area (TPSA) is 21.3 Å². The quantitative estimate of drug-likeness (QED) is 0.890. The zero-order valence-corrected chi connectivity index (χ0v) is 11.4. The molecule has 0 amide bonds. The van der Waals surface area contributed by atoms with Crippen molar-refractivity contribution in [2.75, 3.05) is 13.2 Å². The maximum Gasteiger partial charge on any atom is 0.165 e. The van der Waals surface area contributed by atoms with Crippen LogP contribution < -0.4 is 10.1 Å². The second kappa shape index (κ2) is 5.27. The zero-order chi connectivity index (χ0) is 13.2. The second-order valence-electron chi connectivity index (χ2n) is 6.00. The van der Waals surface area contributed by atoms with Crippen LogP contribution in [0.15, 0.2) is 18.2 Å². The SMILES string of the molecule is CC(C)(C)c1ccc(F)c(OC[C@H]2CCCN2)c1.[HH]. The normalized spacial score (nSPS) is 20.1. The van der Waals surface area contributed by atoms with Gasteiger partial charge >= 0.3 is 0 Å². The van der Waals surface area contributed by atoms with Crippen LogP contribution in [0.1, 0.15) is 40.6 Å². The summed E-state index contributed by atoms with van der Waals surface area (Å²) in [5.74, 6) is 0.0946. The van der Waals surface area contributed by atoms with Gasteiger partial charge in [-0.15, -0.1) is 0 Å². The van der Waals surface area contributed by atoms with Crippen LogP contribution in [0.3, 0.4) is 0 Å². The molecule has 18 heavy (non-hydrogen) atoms. The third kappa shape index (κ3) is 3.22. The average molecular weight is 253 g/mol. The van der Waals surface area contributed by atoms with Crippen molar-refractivity contribution >= 4 is 0 Å². The molecular weight excluding hydrogens is 229 g/mol. The Morgan fingerprint density at radius 2 is 2.22 bits per heavy atom. The van der Waals surface area contributed by atoms with Crippen molar-refractivity contribution in [3.63, 3.8) is 0 Å². The van der Waals surface area contributed by atoms with Crippen molar-refractivity contribution in [2.24, 2.45) is 0 Å². The van der Waals surface area contributed by atoms with Gasteiger partial charge in [0.1, 0.15) is 6.61 Å². The summed E-state index contributed by atoms with van der Waals surface area (Å²) >= 11 is 0. The summed E-state index contributed by atoms with van der Waals surface area (Å²) in [7, 11) is 0. The number of hydrogen-bond donors (Lipinski definition) is 1. The van der Waals surface area contributed by atoms with Gasteiger partial charge in [0.05, 0.1) is 0 Å². The van der Waals surface area contributed by atoms with Crippen molar-refractivity contribution in [1.82, 2.24) is 5.32 Å². The van der Waals surface area contributed by atoms with Gasteiger partial charge in [-0.25, -0.2) is 4.39 Å². The lowest BCUT2D eigenvalue weighted by molar-refractivity contribution is 0.264. The molecule has 0 aliphatic carbocycles. The third-order valence-corrected chi connectivity index (χ3v) is 3.40. The smallest absolute Gasteiger partial charge is 0.165 e. The molecule has 0 unspecified atom stereocenters. The molecule has 1 saturated heterocycles. The Morgan fingerprint density at radius 1 is 1.44 bits per heavy atom. The van der Waals surface area contributed by atoms with Crippen LogP contribution >= 0.6 is 0 Å². The minimum atomic E-state index is -0.277. The third-order valence-electron chi connectivity index (χ3n) is 3.40. The Balaban J connectivity index is 0.00000180. The second-order valence-corrected chi connectivity index (χ2v) is 6.00. The van der Waals surface area contributed by atoms with Crippen LogP contribution in [-0.4, -0.2) is 19.2 Å². The molecule has 1 aromatic carbocycles. The molecule has 0 spiro atoms. The number of halogens is 1. The molecule has 1 heterocycles. The molecule has 0 saturated carbocycles. The monoisotopic (exact) mass is 253 g/mol. The maximum atomic E-state index is 13.7. The lowest BCUT2D eigenvalue weighted by Crippen LogP contribution is -2.28. The van der Waals surface area contributed by atoms with Gasteiger partial charge in [-0.05, 0) is 42.5 Å². The van der Waals surface area contributed by atoms with Crippen molar-refractivity contribution < 1.29 is 10.6 Å². The van der Waals surface area contributed by atoms with Crippen LogP contribution in [0, 0.1) is 5.82 Å². The van der Waals surface area contributed by atoms with E-state index in [0.717, 1.165) is 18.5 Å². The van der Waals surface area contributed by atoms with E-state index in [1.54, 1.807) is 0 Å². The Labute approximate surface area is 110 Å².